The van der Waals surface area contributed by atoms with Gasteiger partial charge in [-0.15, -0.1) is 0 Å². The molecule has 3 aromatic rings. The fraction of sp³-hybridized carbons (Fsp3) is 0.136. The van der Waals surface area contributed by atoms with Gasteiger partial charge < -0.3 is 0 Å². The first-order valence-electron chi connectivity index (χ1n) is 9.41. The zero-order chi connectivity index (χ0) is 23.5. The average molecular weight is 449 g/mol. The van der Waals surface area contributed by atoms with Gasteiger partial charge in [-0.25, -0.2) is 23.2 Å². The molecule has 0 aliphatic rings. The van der Waals surface area contributed by atoms with E-state index in [1.165, 1.54) is 12.1 Å². The number of carbonyl (C=O) groups is 2. The van der Waals surface area contributed by atoms with Gasteiger partial charge in [0.25, 0.3) is 5.91 Å². The number of hydrogen-bond donors (Lipinski definition) is 2. The van der Waals surface area contributed by atoms with Crippen LogP contribution in [0.2, 0.25) is 0 Å². The second-order valence-electron chi connectivity index (χ2n) is 7.01. The highest BCUT2D eigenvalue weighted by molar-refractivity contribution is 7.91. The Kier molecular flexibility index (Phi) is 6.32. The molecule has 9 nitrogen and oxygen atoms in total. The van der Waals surface area contributed by atoms with Crippen molar-refractivity contribution in [2.75, 3.05) is 5.32 Å². The summed E-state index contributed by atoms with van der Waals surface area (Å²) in [5.74, 6) is -0.790. The molecule has 0 fully saturated rings. The van der Waals surface area contributed by atoms with E-state index in [1.807, 2.05) is 6.92 Å². The second-order valence-corrected chi connectivity index (χ2v) is 8.88. The van der Waals surface area contributed by atoms with Gasteiger partial charge in [0, 0.05) is 5.56 Å². The Morgan fingerprint density at radius 3 is 2.22 bits per heavy atom. The number of hydrogen-bond acceptors (Lipinski definition) is 7. The zero-order valence-electron chi connectivity index (χ0n) is 17.5. The van der Waals surface area contributed by atoms with Gasteiger partial charge in [0.2, 0.25) is 9.84 Å². The Balaban J connectivity index is 1.82. The van der Waals surface area contributed by atoms with Crippen molar-refractivity contribution < 1.29 is 18.0 Å². The van der Waals surface area contributed by atoms with Crippen molar-refractivity contribution in [3.05, 3.63) is 76.6 Å². The molecule has 32 heavy (non-hydrogen) atoms. The summed E-state index contributed by atoms with van der Waals surface area (Å²) in [5, 5.41) is 13.3. The lowest BCUT2D eigenvalue weighted by atomic mass is 10.0. The highest BCUT2D eigenvalue weighted by Gasteiger charge is 2.25. The third-order valence-electron chi connectivity index (χ3n) is 4.61. The second kappa shape index (κ2) is 8.95. The zero-order valence-corrected chi connectivity index (χ0v) is 18.3. The largest absolute Gasteiger partial charge is 0.327 e. The first-order chi connectivity index (χ1) is 15.1. The van der Waals surface area contributed by atoms with Gasteiger partial charge in [-0.05, 0) is 44.0 Å². The number of anilines is 1. The smallest absolute Gasteiger partial charge is 0.291 e. The van der Waals surface area contributed by atoms with Crippen molar-refractivity contribution in [3.8, 4) is 6.07 Å². The van der Waals surface area contributed by atoms with Crippen molar-refractivity contribution in [2.45, 2.75) is 30.7 Å². The summed E-state index contributed by atoms with van der Waals surface area (Å²) in [4.78, 5) is 32.4. The Labute approximate surface area is 185 Å². The number of nitrogens with zero attached hydrogens (tertiary/aromatic N) is 3. The molecule has 2 aromatic carbocycles. The predicted molar refractivity (Wildman–Crippen MR) is 116 cm³/mol. The van der Waals surface area contributed by atoms with Crippen LogP contribution in [-0.2, 0) is 9.84 Å². The van der Waals surface area contributed by atoms with E-state index in [0.29, 0.717) is 16.7 Å². The minimum Gasteiger partial charge on any atom is -0.291 e. The molecule has 162 valence electrons. The van der Waals surface area contributed by atoms with Gasteiger partial charge in [-0.2, -0.15) is 5.26 Å². The van der Waals surface area contributed by atoms with Gasteiger partial charge in [-0.1, -0.05) is 35.9 Å². The molecule has 0 aliphatic heterocycles. The molecule has 0 bridgehead atoms. The minimum absolute atomic E-state index is 0.0356. The van der Waals surface area contributed by atoms with Crippen LogP contribution >= 0.6 is 0 Å². The van der Waals surface area contributed by atoms with Crippen LogP contribution in [-0.4, -0.2) is 30.3 Å². The van der Waals surface area contributed by atoms with Crippen LogP contribution in [0.3, 0.4) is 0 Å². The summed E-state index contributed by atoms with van der Waals surface area (Å²) in [6.07, 6.45) is 1.00. The number of aromatic nitrogens is 2. The van der Waals surface area contributed by atoms with E-state index >= 15 is 0 Å². The molecule has 1 heterocycles. The quantitative estimate of drug-likeness (QED) is 0.623. The number of nitrogens with one attached hydrogen (secondary N) is 2. The van der Waals surface area contributed by atoms with Crippen molar-refractivity contribution >= 4 is 27.6 Å². The summed E-state index contributed by atoms with van der Waals surface area (Å²) in [6, 6.07) is 12.1. The maximum atomic E-state index is 12.8. The lowest BCUT2D eigenvalue weighted by Crippen LogP contribution is -2.35. The molecule has 10 heteroatoms. The van der Waals surface area contributed by atoms with Crippen molar-refractivity contribution in [2.24, 2.45) is 0 Å². The van der Waals surface area contributed by atoms with Gasteiger partial charge in [0.1, 0.15) is 6.07 Å². The summed E-state index contributed by atoms with van der Waals surface area (Å²) >= 11 is 0. The minimum atomic E-state index is -4.09. The molecule has 0 atom stereocenters. The van der Waals surface area contributed by atoms with E-state index in [0.717, 1.165) is 11.8 Å². The van der Waals surface area contributed by atoms with Crippen molar-refractivity contribution in [1.29, 1.82) is 5.26 Å². The first-order valence-corrected chi connectivity index (χ1v) is 10.9. The van der Waals surface area contributed by atoms with E-state index in [9.17, 15) is 23.3 Å². The molecule has 3 rings (SSSR count). The van der Waals surface area contributed by atoms with Gasteiger partial charge in [-0.3, -0.25) is 15.4 Å². The first kappa shape index (κ1) is 22.6. The highest BCUT2D eigenvalue weighted by atomic mass is 32.2. The SMILES string of the molecule is Cc1ccc(S(=O)(=O)c2ncc(NC(=O)NC(=O)c3c(C)cccc3C)nc2C#N)cc1. The van der Waals surface area contributed by atoms with E-state index in [1.54, 1.807) is 50.2 Å². The standard InChI is InChI=1S/C22H19N5O4S/c1-13-7-9-16(10-8-13)32(30,31)21-17(11-23)25-18(12-24-21)26-22(29)27-20(28)19-14(2)5-4-6-15(19)3/h4-10,12H,1-3H3,(H2,25,26,27,28,29). The summed E-state index contributed by atoms with van der Waals surface area (Å²) in [5.41, 5.74) is 2.16. The molecule has 0 unspecified atom stereocenters. The monoisotopic (exact) mass is 449 g/mol. The Morgan fingerprint density at radius 1 is 1.00 bits per heavy atom. The van der Waals surface area contributed by atoms with Crippen molar-refractivity contribution in [1.82, 2.24) is 15.3 Å². The fourth-order valence-corrected chi connectivity index (χ4v) is 4.28. The molecule has 0 saturated heterocycles. The van der Waals surface area contributed by atoms with Crippen LogP contribution in [0, 0.1) is 32.1 Å². The number of carbonyl (C=O) groups excluding carboxylic acids is 2. The van der Waals surface area contributed by atoms with E-state index in [2.05, 4.69) is 20.6 Å². The maximum Gasteiger partial charge on any atom is 0.327 e. The average Bonchev–Trinajstić information content (AvgIpc) is 2.73. The highest BCUT2D eigenvalue weighted by Crippen LogP contribution is 2.22. The number of aryl methyl sites for hydroxylation is 3. The molecule has 2 N–H and O–H groups in total. The van der Waals surface area contributed by atoms with Gasteiger partial charge in [0.05, 0.1) is 11.1 Å². The Morgan fingerprint density at radius 2 is 1.62 bits per heavy atom. The van der Waals surface area contributed by atoms with Crippen LogP contribution in [0.4, 0.5) is 10.6 Å². The van der Waals surface area contributed by atoms with E-state index in [4.69, 9.17) is 0 Å². The Hall–Kier alpha value is -4.10. The molecular weight excluding hydrogens is 430 g/mol. The number of sulfone groups is 1. The van der Waals surface area contributed by atoms with Crippen LogP contribution in [0.25, 0.3) is 0 Å². The molecule has 3 amide bonds. The van der Waals surface area contributed by atoms with Crippen LogP contribution in [0.1, 0.15) is 32.7 Å². The van der Waals surface area contributed by atoms with E-state index < -0.39 is 32.5 Å². The maximum absolute atomic E-state index is 12.8. The molecule has 0 spiro atoms. The third kappa shape index (κ3) is 4.63. The van der Waals surface area contributed by atoms with Crippen LogP contribution in [0.15, 0.2) is 58.6 Å². The summed E-state index contributed by atoms with van der Waals surface area (Å²) in [7, 11) is -4.09. The number of rotatable bonds is 4. The van der Waals surface area contributed by atoms with Crippen molar-refractivity contribution in [3.63, 3.8) is 0 Å². The lowest BCUT2D eigenvalue weighted by molar-refractivity contribution is 0.0966. The third-order valence-corrected chi connectivity index (χ3v) is 6.31. The topological polar surface area (TPSA) is 142 Å². The molecule has 0 saturated carbocycles. The molecule has 1 aromatic heterocycles. The van der Waals surface area contributed by atoms with Crippen LogP contribution in [0.5, 0.6) is 0 Å². The van der Waals surface area contributed by atoms with E-state index in [-0.39, 0.29) is 10.7 Å². The summed E-state index contributed by atoms with van der Waals surface area (Å²) < 4.78 is 25.7. The fourth-order valence-electron chi connectivity index (χ4n) is 3.02. The Bertz CT molecular complexity index is 1340. The molecular formula is C22H19N5O4S. The number of amides is 3. The lowest BCUT2D eigenvalue weighted by Gasteiger charge is -2.11. The summed E-state index contributed by atoms with van der Waals surface area (Å²) in [6.45, 7) is 5.31. The predicted octanol–water partition coefficient (Wildman–Crippen LogP) is 3.07. The number of nitriles is 1. The number of imide groups is 1. The van der Waals surface area contributed by atoms with Gasteiger partial charge >= 0.3 is 6.03 Å². The number of urea groups is 1. The van der Waals surface area contributed by atoms with Gasteiger partial charge in [0.15, 0.2) is 16.5 Å². The number of benzene rings is 2. The molecule has 0 aliphatic carbocycles. The normalized spacial score (nSPS) is 10.8. The molecule has 0 radical (unpaired) electrons. The van der Waals surface area contributed by atoms with Crippen LogP contribution < -0.4 is 10.6 Å².